The number of nitrogens with zero attached hydrogens (tertiary/aromatic N) is 6. The normalized spacial score (nSPS) is 25.6. The van der Waals surface area contributed by atoms with E-state index in [9.17, 15) is 13.6 Å². The number of nitrogens with one attached hydrogen (secondary N) is 2. The van der Waals surface area contributed by atoms with Gasteiger partial charge in [0, 0.05) is 38.8 Å². The van der Waals surface area contributed by atoms with Crippen LogP contribution in [0, 0.1) is 0 Å². The van der Waals surface area contributed by atoms with Crippen molar-refractivity contribution < 1.29 is 18.3 Å². The number of piperazine rings is 1. The molecule has 6 rings (SSSR count). The second-order valence-corrected chi connectivity index (χ2v) is 10.3. The number of alkyl halides is 2. The molecule has 38 heavy (non-hydrogen) atoms. The highest BCUT2D eigenvalue weighted by molar-refractivity contribution is 5.83. The van der Waals surface area contributed by atoms with Crippen LogP contribution in [0.1, 0.15) is 19.8 Å². The third kappa shape index (κ3) is 4.71. The molecule has 3 saturated heterocycles. The summed E-state index contributed by atoms with van der Waals surface area (Å²) < 4.78 is 34.1. The van der Waals surface area contributed by atoms with Gasteiger partial charge in [-0.1, -0.05) is 12.1 Å². The van der Waals surface area contributed by atoms with Crippen LogP contribution in [0.5, 0.6) is 0 Å². The Bertz CT molecular complexity index is 1160. The number of benzene rings is 1. The fourth-order valence-corrected chi connectivity index (χ4v) is 5.75. The van der Waals surface area contributed by atoms with Gasteiger partial charge in [-0.3, -0.25) is 9.69 Å². The standard InChI is InChI=1S/C26H34F2N8O2/c1-17-16-38-14-13-35(17)21-15-22(36-20-7-3-2-5-18(20)30-24(36)23(27)28)32-26(31-21)34-11-9-33(10-12-34)25(37)19-6-4-8-29-19/h2-3,5,7,15,17,19,23-24,29-30H,4,6,8-14,16H2,1H3/t17-,19-,24?/m0/s1. The van der Waals surface area contributed by atoms with Gasteiger partial charge in [0.1, 0.15) is 11.6 Å². The average molecular weight is 529 g/mol. The number of rotatable bonds is 5. The minimum atomic E-state index is -2.63. The van der Waals surface area contributed by atoms with E-state index in [0.717, 1.165) is 19.4 Å². The molecule has 4 aliphatic rings. The first-order valence-electron chi connectivity index (χ1n) is 13.4. The van der Waals surface area contributed by atoms with Crippen LogP contribution in [0.2, 0.25) is 0 Å². The highest BCUT2D eigenvalue weighted by Crippen LogP contribution is 2.42. The summed E-state index contributed by atoms with van der Waals surface area (Å²) in [7, 11) is 0. The van der Waals surface area contributed by atoms with Gasteiger partial charge in [-0.15, -0.1) is 0 Å². The number of carbonyl (C=O) groups excluding carboxylic acids is 1. The molecule has 2 aromatic rings. The highest BCUT2D eigenvalue weighted by atomic mass is 19.3. The predicted octanol–water partition coefficient (Wildman–Crippen LogP) is 2.26. The van der Waals surface area contributed by atoms with Crippen LogP contribution in [-0.2, 0) is 9.53 Å². The first-order chi connectivity index (χ1) is 18.5. The monoisotopic (exact) mass is 528 g/mol. The van der Waals surface area contributed by atoms with Gasteiger partial charge in [0.15, 0.2) is 6.17 Å². The van der Waals surface area contributed by atoms with Crippen molar-refractivity contribution in [2.24, 2.45) is 0 Å². The van der Waals surface area contributed by atoms with Crippen molar-refractivity contribution in [3.8, 4) is 0 Å². The van der Waals surface area contributed by atoms with E-state index in [1.54, 1.807) is 17.0 Å². The van der Waals surface area contributed by atoms with Gasteiger partial charge < -0.3 is 30.1 Å². The number of aromatic nitrogens is 2. The molecule has 1 aromatic carbocycles. The molecular weight excluding hydrogens is 494 g/mol. The van der Waals surface area contributed by atoms with Crippen molar-refractivity contribution in [3.05, 3.63) is 30.3 Å². The summed E-state index contributed by atoms with van der Waals surface area (Å²) in [6.45, 7) is 7.04. The number of morpholine rings is 1. The Kier molecular flexibility index (Phi) is 6.91. The third-order valence-electron chi connectivity index (χ3n) is 7.81. The maximum atomic E-state index is 14.2. The van der Waals surface area contributed by atoms with Crippen molar-refractivity contribution >= 4 is 34.9 Å². The number of hydrogen-bond donors (Lipinski definition) is 2. The van der Waals surface area contributed by atoms with E-state index in [0.29, 0.717) is 74.9 Å². The maximum absolute atomic E-state index is 14.2. The van der Waals surface area contributed by atoms with Crippen LogP contribution in [-0.4, -0.2) is 97.9 Å². The summed E-state index contributed by atoms with van der Waals surface area (Å²) in [5, 5.41) is 6.24. The topological polar surface area (TPSA) is 89.1 Å². The molecule has 0 radical (unpaired) electrons. The van der Waals surface area contributed by atoms with E-state index in [4.69, 9.17) is 14.7 Å². The van der Waals surface area contributed by atoms with E-state index in [1.807, 2.05) is 23.1 Å². The van der Waals surface area contributed by atoms with Crippen LogP contribution in [0.25, 0.3) is 0 Å². The fourth-order valence-electron chi connectivity index (χ4n) is 5.75. The van der Waals surface area contributed by atoms with E-state index < -0.39 is 12.6 Å². The summed E-state index contributed by atoms with van der Waals surface area (Å²) >= 11 is 0. The summed E-state index contributed by atoms with van der Waals surface area (Å²) in [4.78, 5) is 30.3. The van der Waals surface area contributed by atoms with Gasteiger partial charge in [0.25, 0.3) is 6.43 Å². The minimum Gasteiger partial charge on any atom is -0.377 e. The first kappa shape index (κ1) is 25.1. The van der Waals surface area contributed by atoms with Crippen molar-refractivity contribution in [1.29, 1.82) is 0 Å². The molecule has 1 unspecified atom stereocenters. The molecule has 0 aliphatic carbocycles. The van der Waals surface area contributed by atoms with Gasteiger partial charge in [-0.2, -0.15) is 9.97 Å². The first-order valence-corrected chi connectivity index (χ1v) is 13.4. The number of anilines is 5. The van der Waals surface area contributed by atoms with Crippen LogP contribution >= 0.6 is 0 Å². The van der Waals surface area contributed by atoms with Crippen LogP contribution < -0.4 is 25.3 Å². The Balaban J connectivity index is 1.32. The quantitative estimate of drug-likeness (QED) is 0.607. The summed E-state index contributed by atoms with van der Waals surface area (Å²) in [5.41, 5.74) is 1.30. The number of halogens is 2. The SMILES string of the molecule is C[C@H]1COCCN1c1cc(N2c3ccccc3NC2C(F)F)nc(N2CCN(C(=O)[C@@H]3CCCN3)CC2)n1. The second kappa shape index (κ2) is 10.5. The van der Waals surface area contributed by atoms with E-state index in [1.165, 1.54) is 0 Å². The van der Waals surface area contributed by atoms with Crippen molar-refractivity contribution in [1.82, 2.24) is 20.2 Å². The number of carbonyl (C=O) groups is 1. The molecule has 10 nitrogen and oxygen atoms in total. The number of amides is 1. The molecule has 0 bridgehead atoms. The molecule has 1 amide bonds. The lowest BCUT2D eigenvalue weighted by Crippen LogP contribution is -2.53. The molecule has 3 fully saturated rings. The maximum Gasteiger partial charge on any atom is 0.277 e. The van der Waals surface area contributed by atoms with Crippen LogP contribution in [0.4, 0.5) is 37.7 Å². The molecule has 4 aliphatic heterocycles. The minimum absolute atomic E-state index is 0.0858. The van der Waals surface area contributed by atoms with E-state index in [2.05, 4.69) is 27.4 Å². The molecule has 3 atom stereocenters. The Morgan fingerprint density at radius 1 is 1.11 bits per heavy atom. The largest absolute Gasteiger partial charge is 0.377 e. The average Bonchev–Trinajstić information content (AvgIpc) is 3.62. The number of hydrogen-bond acceptors (Lipinski definition) is 9. The zero-order chi connectivity index (χ0) is 26.2. The highest BCUT2D eigenvalue weighted by Gasteiger charge is 2.38. The zero-order valence-electron chi connectivity index (χ0n) is 21.5. The molecule has 0 spiro atoms. The number of ether oxygens (including phenoxy) is 1. The molecular formula is C26H34F2N8O2. The molecule has 204 valence electrons. The number of para-hydroxylation sites is 2. The molecule has 0 saturated carbocycles. The fraction of sp³-hybridized carbons (Fsp3) is 0.577. The molecule has 5 heterocycles. The zero-order valence-corrected chi connectivity index (χ0v) is 21.5. The smallest absolute Gasteiger partial charge is 0.277 e. The second-order valence-electron chi connectivity index (χ2n) is 10.3. The Morgan fingerprint density at radius 2 is 1.89 bits per heavy atom. The van der Waals surface area contributed by atoms with Gasteiger partial charge in [-0.25, -0.2) is 8.78 Å². The lowest BCUT2D eigenvalue weighted by Gasteiger charge is -2.38. The predicted molar refractivity (Wildman–Crippen MR) is 141 cm³/mol. The van der Waals surface area contributed by atoms with Crippen LogP contribution in [0.15, 0.2) is 30.3 Å². The van der Waals surface area contributed by atoms with Crippen molar-refractivity contribution in [2.75, 3.05) is 72.5 Å². The third-order valence-corrected chi connectivity index (χ3v) is 7.81. The molecule has 12 heteroatoms. The van der Waals surface area contributed by atoms with Gasteiger partial charge in [0.2, 0.25) is 11.9 Å². The lowest BCUT2D eigenvalue weighted by atomic mass is 10.2. The molecule has 2 N–H and O–H groups in total. The lowest BCUT2D eigenvalue weighted by molar-refractivity contribution is -0.133. The number of fused-ring (bicyclic) bond motifs is 1. The summed E-state index contributed by atoms with van der Waals surface area (Å²) in [6, 6.07) is 9.08. The van der Waals surface area contributed by atoms with Gasteiger partial charge in [-0.05, 0) is 38.4 Å². The van der Waals surface area contributed by atoms with E-state index >= 15 is 0 Å². The van der Waals surface area contributed by atoms with Crippen molar-refractivity contribution in [2.45, 2.75) is 44.4 Å². The molecule has 1 aromatic heterocycles. The van der Waals surface area contributed by atoms with Crippen LogP contribution in [0.3, 0.4) is 0 Å². The summed E-state index contributed by atoms with van der Waals surface area (Å²) in [5.74, 6) is 1.74. The Hall–Kier alpha value is -3.25. The summed E-state index contributed by atoms with van der Waals surface area (Å²) in [6.07, 6.45) is -1.97. The van der Waals surface area contributed by atoms with E-state index in [-0.39, 0.29) is 18.0 Å². The van der Waals surface area contributed by atoms with Gasteiger partial charge in [0.05, 0.1) is 36.7 Å². The van der Waals surface area contributed by atoms with Crippen molar-refractivity contribution in [3.63, 3.8) is 0 Å². The van der Waals surface area contributed by atoms with Gasteiger partial charge >= 0.3 is 0 Å². The Morgan fingerprint density at radius 3 is 2.63 bits per heavy atom. The Labute approximate surface area is 220 Å².